The predicted molar refractivity (Wildman–Crippen MR) is 78.0 cm³/mol. The number of rotatable bonds is 5. The Morgan fingerprint density at radius 1 is 1.40 bits per heavy atom. The van der Waals surface area contributed by atoms with Gasteiger partial charge in [-0.25, -0.2) is 0 Å². The maximum absolute atomic E-state index is 10.8. The molecular formula is C13H17N5OS. The highest BCUT2D eigenvalue weighted by Crippen LogP contribution is 2.20. The van der Waals surface area contributed by atoms with E-state index < -0.39 is 0 Å². The van der Waals surface area contributed by atoms with E-state index in [1.54, 1.807) is 4.68 Å². The molecule has 20 heavy (non-hydrogen) atoms. The molecule has 1 aromatic carbocycles. The van der Waals surface area contributed by atoms with Crippen LogP contribution in [0.4, 0.5) is 0 Å². The minimum absolute atomic E-state index is 0.0282. The standard InChI is InChI=1S/C13H17N5OS/c1-9-4-5-12(10(2)8-9)18-13(15-16-17-18)20-7-6-14-11(3)19/h4-5,8H,6-7H2,1-3H3,(H,14,19). The van der Waals surface area contributed by atoms with E-state index in [0.29, 0.717) is 6.54 Å². The first-order valence-electron chi connectivity index (χ1n) is 6.31. The SMILES string of the molecule is CC(=O)NCCSc1nnnn1-c1ccc(C)cc1C. The molecule has 1 N–H and O–H groups in total. The summed E-state index contributed by atoms with van der Waals surface area (Å²) in [5.74, 6) is 0.699. The molecule has 1 heterocycles. The Morgan fingerprint density at radius 3 is 2.90 bits per heavy atom. The number of thioether (sulfide) groups is 1. The smallest absolute Gasteiger partial charge is 0.216 e. The predicted octanol–water partition coefficient (Wildman–Crippen LogP) is 1.51. The molecule has 1 aromatic heterocycles. The van der Waals surface area contributed by atoms with Crippen LogP contribution in [0.25, 0.3) is 5.69 Å². The number of nitrogens with zero attached hydrogens (tertiary/aromatic N) is 4. The minimum Gasteiger partial charge on any atom is -0.356 e. The number of carbonyl (C=O) groups excluding carboxylic acids is 1. The molecule has 0 fully saturated rings. The summed E-state index contributed by atoms with van der Waals surface area (Å²) in [5.41, 5.74) is 3.31. The topological polar surface area (TPSA) is 72.7 Å². The van der Waals surface area contributed by atoms with Crippen LogP contribution in [0.5, 0.6) is 0 Å². The fraction of sp³-hybridized carbons (Fsp3) is 0.385. The normalized spacial score (nSPS) is 10.6. The van der Waals surface area contributed by atoms with Gasteiger partial charge in [0.15, 0.2) is 0 Å². The first-order valence-corrected chi connectivity index (χ1v) is 7.29. The molecule has 0 bridgehead atoms. The van der Waals surface area contributed by atoms with Gasteiger partial charge in [0.2, 0.25) is 11.1 Å². The molecule has 0 aliphatic rings. The summed E-state index contributed by atoms with van der Waals surface area (Å²) in [4.78, 5) is 10.8. The largest absolute Gasteiger partial charge is 0.356 e. The van der Waals surface area contributed by atoms with E-state index in [-0.39, 0.29) is 5.91 Å². The molecule has 106 valence electrons. The lowest BCUT2D eigenvalue weighted by molar-refractivity contribution is -0.118. The van der Waals surface area contributed by atoms with Crippen molar-refractivity contribution >= 4 is 17.7 Å². The van der Waals surface area contributed by atoms with Crippen LogP contribution in [0.1, 0.15) is 18.1 Å². The van der Waals surface area contributed by atoms with Gasteiger partial charge in [0.05, 0.1) is 5.69 Å². The monoisotopic (exact) mass is 291 g/mol. The van der Waals surface area contributed by atoms with Gasteiger partial charge in [-0.15, -0.1) is 5.10 Å². The quantitative estimate of drug-likeness (QED) is 0.668. The molecule has 7 heteroatoms. The number of carbonyl (C=O) groups is 1. The van der Waals surface area contributed by atoms with Crippen molar-refractivity contribution in [3.63, 3.8) is 0 Å². The minimum atomic E-state index is -0.0282. The van der Waals surface area contributed by atoms with Gasteiger partial charge < -0.3 is 5.32 Å². The third kappa shape index (κ3) is 3.57. The van der Waals surface area contributed by atoms with Crippen LogP contribution < -0.4 is 5.32 Å². The fourth-order valence-corrected chi connectivity index (χ4v) is 2.57. The second kappa shape index (κ2) is 6.51. The number of hydrogen-bond acceptors (Lipinski definition) is 5. The van der Waals surface area contributed by atoms with Gasteiger partial charge >= 0.3 is 0 Å². The first kappa shape index (κ1) is 14.5. The Balaban J connectivity index is 2.10. The first-order chi connectivity index (χ1) is 9.58. The summed E-state index contributed by atoms with van der Waals surface area (Å²) in [6.07, 6.45) is 0. The summed E-state index contributed by atoms with van der Waals surface area (Å²) in [7, 11) is 0. The average Bonchev–Trinajstić information content (AvgIpc) is 2.82. The molecular weight excluding hydrogens is 274 g/mol. The summed E-state index contributed by atoms with van der Waals surface area (Å²) in [5, 5.41) is 15.3. The van der Waals surface area contributed by atoms with Crippen molar-refractivity contribution in [2.45, 2.75) is 25.9 Å². The van der Waals surface area contributed by atoms with Gasteiger partial charge in [-0.2, -0.15) is 4.68 Å². The number of aryl methyl sites for hydroxylation is 2. The highest BCUT2D eigenvalue weighted by atomic mass is 32.2. The van der Waals surface area contributed by atoms with Crippen molar-refractivity contribution in [3.05, 3.63) is 29.3 Å². The van der Waals surface area contributed by atoms with Gasteiger partial charge in [0, 0.05) is 19.2 Å². The summed E-state index contributed by atoms with van der Waals surface area (Å²) < 4.78 is 1.73. The van der Waals surface area contributed by atoms with Crippen molar-refractivity contribution < 1.29 is 4.79 Å². The van der Waals surface area contributed by atoms with Gasteiger partial charge in [-0.3, -0.25) is 4.79 Å². The third-order valence-electron chi connectivity index (χ3n) is 2.73. The van der Waals surface area contributed by atoms with E-state index >= 15 is 0 Å². The average molecular weight is 291 g/mol. The lowest BCUT2D eigenvalue weighted by Crippen LogP contribution is -2.22. The third-order valence-corrected chi connectivity index (χ3v) is 3.65. The molecule has 6 nitrogen and oxygen atoms in total. The highest BCUT2D eigenvalue weighted by molar-refractivity contribution is 7.99. The zero-order valence-electron chi connectivity index (χ0n) is 11.8. The molecule has 1 amide bonds. The molecule has 0 saturated carbocycles. The molecule has 2 rings (SSSR count). The summed E-state index contributed by atoms with van der Waals surface area (Å²) in [6.45, 7) is 6.19. The maximum Gasteiger partial charge on any atom is 0.216 e. The molecule has 0 saturated heterocycles. The summed E-state index contributed by atoms with van der Waals surface area (Å²) in [6, 6.07) is 6.15. The number of hydrogen-bond donors (Lipinski definition) is 1. The Bertz CT molecular complexity index is 611. The molecule has 0 spiro atoms. The molecule has 0 atom stereocenters. The molecule has 0 aliphatic heterocycles. The number of tetrazole rings is 1. The van der Waals surface area contributed by atoms with E-state index in [1.807, 2.05) is 19.1 Å². The second-order valence-corrected chi connectivity index (χ2v) is 5.56. The Morgan fingerprint density at radius 2 is 2.20 bits per heavy atom. The Labute approximate surface area is 121 Å². The van der Waals surface area contributed by atoms with Crippen LogP contribution in [0, 0.1) is 13.8 Å². The Kier molecular flexibility index (Phi) is 4.73. The lowest BCUT2D eigenvalue weighted by atomic mass is 10.1. The molecule has 0 aliphatic carbocycles. The van der Waals surface area contributed by atoms with Crippen LogP contribution in [0.2, 0.25) is 0 Å². The van der Waals surface area contributed by atoms with Crippen LogP contribution in [-0.4, -0.2) is 38.4 Å². The zero-order chi connectivity index (χ0) is 14.5. The molecule has 0 unspecified atom stereocenters. The second-order valence-electron chi connectivity index (χ2n) is 4.49. The van der Waals surface area contributed by atoms with E-state index in [9.17, 15) is 4.79 Å². The zero-order valence-corrected chi connectivity index (χ0v) is 12.6. The number of aromatic nitrogens is 4. The van der Waals surface area contributed by atoms with Gasteiger partial charge in [0.25, 0.3) is 0 Å². The van der Waals surface area contributed by atoms with Gasteiger partial charge in [-0.05, 0) is 35.9 Å². The summed E-state index contributed by atoms with van der Waals surface area (Å²) >= 11 is 1.52. The van der Waals surface area contributed by atoms with Crippen molar-refractivity contribution in [2.75, 3.05) is 12.3 Å². The Hall–Kier alpha value is -1.89. The van der Waals surface area contributed by atoms with Crippen molar-refractivity contribution in [1.82, 2.24) is 25.5 Å². The van der Waals surface area contributed by atoms with Crippen molar-refractivity contribution in [1.29, 1.82) is 0 Å². The lowest BCUT2D eigenvalue weighted by Gasteiger charge is -2.08. The van der Waals surface area contributed by atoms with E-state index in [1.165, 1.54) is 24.2 Å². The van der Waals surface area contributed by atoms with Crippen LogP contribution in [0.3, 0.4) is 0 Å². The van der Waals surface area contributed by atoms with E-state index in [0.717, 1.165) is 22.2 Å². The van der Waals surface area contributed by atoms with Gasteiger partial charge in [-0.1, -0.05) is 29.5 Å². The maximum atomic E-state index is 10.8. The van der Waals surface area contributed by atoms with E-state index in [2.05, 4.69) is 33.8 Å². The number of nitrogens with one attached hydrogen (secondary N) is 1. The van der Waals surface area contributed by atoms with Crippen LogP contribution >= 0.6 is 11.8 Å². The van der Waals surface area contributed by atoms with E-state index in [4.69, 9.17) is 0 Å². The van der Waals surface area contributed by atoms with Gasteiger partial charge in [0.1, 0.15) is 0 Å². The van der Waals surface area contributed by atoms with Crippen molar-refractivity contribution in [3.8, 4) is 5.69 Å². The molecule has 2 aromatic rings. The fourth-order valence-electron chi connectivity index (χ4n) is 1.83. The van der Waals surface area contributed by atoms with Crippen molar-refractivity contribution in [2.24, 2.45) is 0 Å². The highest BCUT2D eigenvalue weighted by Gasteiger charge is 2.10. The number of amides is 1. The van der Waals surface area contributed by atoms with Crippen LogP contribution in [-0.2, 0) is 4.79 Å². The molecule has 0 radical (unpaired) electrons. The van der Waals surface area contributed by atoms with Crippen LogP contribution in [0.15, 0.2) is 23.4 Å². The number of benzene rings is 1.